The van der Waals surface area contributed by atoms with E-state index in [1.807, 2.05) is 6.92 Å². The van der Waals surface area contributed by atoms with E-state index in [9.17, 15) is 4.79 Å². The molecule has 0 aromatic heterocycles. The van der Waals surface area contributed by atoms with E-state index < -0.39 is 6.04 Å². The van der Waals surface area contributed by atoms with Gasteiger partial charge in [0.15, 0.2) is 0 Å². The van der Waals surface area contributed by atoms with Crippen molar-refractivity contribution in [1.29, 1.82) is 0 Å². The van der Waals surface area contributed by atoms with Crippen molar-refractivity contribution in [3.05, 3.63) is 0 Å². The Kier molecular flexibility index (Phi) is 7.37. The number of nitrogens with two attached hydrogens (primary N) is 1. The lowest BCUT2D eigenvalue weighted by molar-refractivity contribution is -0.123. The van der Waals surface area contributed by atoms with E-state index in [1.54, 1.807) is 14.2 Å². The van der Waals surface area contributed by atoms with E-state index in [0.29, 0.717) is 19.6 Å². The van der Waals surface area contributed by atoms with Crippen LogP contribution in [0.15, 0.2) is 0 Å². The highest BCUT2D eigenvalue weighted by molar-refractivity contribution is 5.81. The number of carbonyl (C=O) groups is 1. The van der Waals surface area contributed by atoms with Crippen LogP contribution < -0.4 is 11.1 Å². The Hall–Kier alpha value is -0.650. The van der Waals surface area contributed by atoms with Crippen LogP contribution in [0.5, 0.6) is 0 Å². The largest absolute Gasteiger partial charge is 0.382 e. The fourth-order valence-corrected chi connectivity index (χ4v) is 0.927. The summed E-state index contributed by atoms with van der Waals surface area (Å²) in [6.07, 6.45) is 0.515. The Bertz CT molecular complexity index is 164. The Morgan fingerprint density at radius 1 is 1.50 bits per heavy atom. The molecule has 5 nitrogen and oxygen atoms in total. The normalized spacial score (nSPS) is 14.9. The molecule has 0 aliphatic rings. The number of hydrogen-bond donors (Lipinski definition) is 2. The van der Waals surface area contributed by atoms with Gasteiger partial charge in [-0.25, -0.2) is 0 Å². The van der Waals surface area contributed by atoms with Crippen molar-refractivity contribution in [1.82, 2.24) is 5.32 Å². The third-order valence-corrected chi connectivity index (χ3v) is 1.97. The highest BCUT2D eigenvalue weighted by Gasteiger charge is 2.13. The Morgan fingerprint density at radius 3 is 2.57 bits per heavy atom. The Morgan fingerprint density at radius 2 is 2.14 bits per heavy atom. The standard InChI is InChI=1S/C9H20N2O3/c1-4-8(10)9(12)11-5-7(14-3)6-13-2/h7-8H,4-6,10H2,1-3H3,(H,11,12). The quantitative estimate of drug-likeness (QED) is 0.586. The molecule has 0 aliphatic heterocycles. The third kappa shape index (κ3) is 5.16. The van der Waals surface area contributed by atoms with Gasteiger partial charge in [0.1, 0.15) is 0 Å². The summed E-state index contributed by atoms with van der Waals surface area (Å²) >= 11 is 0. The molecule has 0 radical (unpaired) electrons. The van der Waals surface area contributed by atoms with Gasteiger partial charge in [0.25, 0.3) is 0 Å². The van der Waals surface area contributed by atoms with E-state index in [-0.39, 0.29) is 12.0 Å². The second kappa shape index (κ2) is 7.73. The fourth-order valence-electron chi connectivity index (χ4n) is 0.927. The van der Waals surface area contributed by atoms with Gasteiger partial charge < -0.3 is 20.5 Å². The first-order valence-corrected chi connectivity index (χ1v) is 4.70. The lowest BCUT2D eigenvalue weighted by Gasteiger charge is -2.16. The third-order valence-electron chi connectivity index (χ3n) is 1.97. The zero-order chi connectivity index (χ0) is 11.0. The number of methoxy groups -OCH3 is 2. The van der Waals surface area contributed by atoms with E-state index in [0.717, 1.165) is 0 Å². The SMILES string of the molecule is CCC(N)C(=O)NCC(COC)OC. The molecular weight excluding hydrogens is 184 g/mol. The minimum Gasteiger partial charge on any atom is -0.382 e. The zero-order valence-electron chi connectivity index (χ0n) is 9.08. The van der Waals surface area contributed by atoms with Gasteiger partial charge in [-0.1, -0.05) is 6.92 Å². The molecule has 2 atom stereocenters. The first-order valence-electron chi connectivity index (χ1n) is 4.70. The van der Waals surface area contributed by atoms with Crippen LogP contribution in [-0.2, 0) is 14.3 Å². The van der Waals surface area contributed by atoms with Gasteiger partial charge in [-0.05, 0) is 6.42 Å². The molecule has 0 saturated heterocycles. The molecule has 0 bridgehead atoms. The van der Waals surface area contributed by atoms with Gasteiger partial charge in [0.05, 0.1) is 18.8 Å². The van der Waals surface area contributed by atoms with Gasteiger partial charge in [-0.3, -0.25) is 4.79 Å². The van der Waals surface area contributed by atoms with Crippen LogP contribution in [0.1, 0.15) is 13.3 Å². The topological polar surface area (TPSA) is 73.6 Å². The monoisotopic (exact) mass is 204 g/mol. The smallest absolute Gasteiger partial charge is 0.236 e. The van der Waals surface area contributed by atoms with E-state index in [4.69, 9.17) is 15.2 Å². The first-order chi connectivity index (χ1) is 6.65. The summed E-state index contributed by atoms with van der Waals surface area (Å²) in [5, 5.41) is 2.70. The van der Waals surface area contributed by atoms with Crippen molar-refractivity contribution in [2.75, 3.05) is 27.4 Å². The lowest BCUT2D eigenvalue weighted by Crippen LogP contribution is -2.44. The second-order valence-corrected chi connectivity index (χ2v) is 3.07. The summed E-state index contributed by atoms with van der Waals surface area (Å²) in [5.41, 5.74) is 5.53. The van der Waals surface area contributed by atoms with Crippen molar-refractivity contribution in [2.45, 2.75) is 25.5 Å². The molecule has 3 N–H and O–H groups in total. The molecular formula is C9H20N2O3. The molecule has 84 valence electrons. The van der Waals surface area contributed by atoms with Crippen molar-refractivity contribution in [2.24, 2.45) is 5.73 Å². The van der Waals surface area contributed by atoms with E-state index >= 15 is 0 Å². The van der Waals surface area contributed by atoms with Crippen molar-refractivity contribution in [3.8, 4) is 0 Å². The molecule has 0 rings (SSSR count). The number of ether oxygens (including phenoxy) is 2. The average Bonchev–Trinajstić information content (AvgIpc) is 2.22. The number of nitrogens with one attached hydrogen (secondary N) is 1. The summed E-state index contributed by atoms with van der Waals surface area (Å²) in [4.78, 5) is 11.3. The number of carbonyl (C=O) groups excluding carboxylic acids is 1. The summed E-state index contributed by atoms with van der Waals surface area (Å²) in [6.45, 7) is 2.75. The van der Waals surface area contributed by atoms with Crippen LogP contribution in [0.2, 0.25) is 0 Å². The van der Waals surface area contributed by atoms with Gasteiger partial charge in [0.2, 0.25) is 5.91 Å². The molecule has 14 heavy (non-hydrogen) atoms. The molecule has 0 aromatic carbocycles. The predicted molar refractivity (Wildman–Crippen MR) is 53.9 cm³/mol. The summed E-state index contributed by atoms with van der Waals surface area (Å²) in [6, 6.07) is -0.435. The number of rotatable bonds is 7. The van der Waals surface area contributed by atoms with Crippen molar-refractivity contribution >= 4 is 5.91 Å². The highest BCUT2D eigenvalue weighted by Crippen LogP contribution is 1.90. The van der Waals surface area contributed by atoms with Crippen LogP contribution in [0.25, 0.3) is 0 Å². The van der Waals surface area contributed by atoms with Gasteiger partial charge in [-0.15, -0.1) is 0 Å². The second-order valence-electron chi connectivity index (χ2n) is 3.07. The first kappa shape index (κ1) is 13.4. The minimum absolute atomic E-state index is 0.118. The molecule has 0 aliphatic carbocycles. The van der Waals surface area contributed by atoms with Crippen LogP contribution >= 0.6 is 0 Å². The van der Waals surface area contributed by atoms with Crippen LogP contribution in [0.3, 0.4) is 0 Å². The fraction of sp³-hybridized carbons (Fsp3) is 0.889. The average molecular weight is 204 g/mol. The van der Waals surface area contributed by atoms with E-state index in [2.05, 4.69) is 5.32 Å². The maximum absolute atomic E-state index is 11.3. The summed E-state index contributed by atoms with van der Waals surface area (Å²) in [5.74, 6) is -0.148. The molecule has 0 fully saturated rings. The van der Waals surface area contributed by atoms with Crippen molar-refractivity contribution in [3.63, 3.8) is 0 Å². The number of hydrogen-bond acceptors (Lipinski definition) is 4. The number of amides is 1. The molecule has 5 heteroatoms. The summed E-state index contributed by atoms with van der Waals surface area (Å²) in [7, 11) is 3.17. The summed E-state index contributed by atoms with van der Waals surface area (Å²) < 4.78 is 9.98. The lowest BCUT2D eigenvalue weighted by atomic mass is 10.2. The zero-order valence-corrected chi connectivity index (χ0v) is 9.08. The van der Waals surface area contributed by atoms with E-state index in [1.165, 1.54) is 0 Å². The van der Waals surface area contributed by atoms with Gasteiger partial charge in [0, 0.05) is 20.8 Å². The molecule has 0 heterocycles. The molecule has 1 amide bonds. The molecule has 0 saturated carbocycles. The van der Waals surface area contributed by atoms with Gasteiger partial charge in [-0.2, -0.15) is 0 Å². The van der Waals surface area contributed by atoms with Gasteiger partial charge >= 0.3 is 0 Å². The predicted octanol–water partition coefficient (Wildman–Crippen LogP) is -0.499. The van der Waals surface area contributed by atoms with Crippen LogP contribution in [-0.4, -0.2) is 45.4 Å². The maximum atomic E-state index is 11.3. The van der Waals surface area contributed by atoms with Crippen LogP contribution in [0.4, 0.5) is 0 Å². The van der Waals surface area contributed by atoms with Crippen LogP contribution in [0, 0.1) is 0 Å². The Balaban J connectivity index is 3.73. The molecule has 0 aromatic rings. The highest BCUT2D eigenvalue weighted by atomic mass is 16.5. The molecule has 2 unspecified atom stereocenters. The maximum Gasteiger partial charge on any atom is 0.236 e. The van der Waals surface area contributed by atoms with Crippen molar-refractivity contribution < 1.29 is 14.3 Å². The Labute approximate surface area is 84.9 Å². The minimum atomic E-state index is -0.435. The molecule has 0 spiro atoms.